The monoisotopic (exact) mass is 325 g/mol. The summed E-state index contributed by atoms with van der Waals surface area (Å²) in [5.74, 6) is -0.169. The first-order chi connectivity index (χ1) is 11.2. The number of nitrogens with one attached hydrogen (secondary N) is 1. The number of benzene rings is 2. The summed E-state index contributed by atoms with van der Waals surface area (Å²) in [5, 5.41) is 2.88. The predicted molar refractivity (Wildman–Crippen MR) is 101 cm³/mol. The van der Waals surface area contributed by atoms with E-state index >= 15 is 0 Å². The lowest BCUT2D eigenvalue weighted by molar-refractivity contribution is -0.110. The average molecular weight is 325 g/mol. The van der Waals surface area contributed by atoms with Gasteiger partial charge in [-0.2, -0.15) is 0 Å². The molecule has 1 amide bonds. The van der Waals surface area contributed by atoms with Crippen LogP contribution < -0.4 is 5.32 Å². The molecular weight excluding hydrogens is 302 g/mol. The van der Waals surface area contributed by atoms with Crippen LogP contribution >= 0.6 is 12.2 Å². The number of anilines is 1. The number of hydrogen-bond acceptors (Lipinski definition) is 2. The van der Waals surface area contributed by atoms with E-state index in [0.717, 1.165) is 18.5 Å². The van der Waals surface area contributed by atoms with Gasteiger partial charge in [0, 0.05) is 5.69 Å². The van der Waals surface area contributed by atoms with Gasteiger partial charge >= 0.3 is 0 Å². The van der Waals surface area contributed by atoms with Crippen molar-refractivity contribution in [3.8, 4) is 0 Å². The molecule has 0 unspecified atom stereocenters. The Hall–Kier alpha value is -2.00. The van der Waals surface area contributed by atoms with Gasteiger partial charge in [-0.1, -0.05) is 68.0 Å². The Balaban J connectivity index is 1.82. The molecule has 0 aliphatic carbocycles. The van der Waals surface area contributed by atoms with Gasteiger partial charge in [0.05, 0.1) is 4.86 Å². The van der Waals surface area contributed by atoms with Gasteiger partial charge in [0.25, 0.3) is 5.91 Å². The number of hydrogen-bond donors (Lipinski definition) is 1. The minimum atomic E-state index is -0.169. The van der Waals surface area contributed by atoms with Crippen molar-refractivity contribution in [2.24, 2.45) is 0 Å². The van der Waals surface area contributed by atoms with E-state index in [2.05, 4.69) is 36.5 Å². The van der Waals surface area contributed by atoms with E-state index in [1.807, 2.05) is 30.3 Å². The van der Waals surface area contributed by atoms with Crippen molar-refractivity contribution >= 4 is 28.7 Å². The van der Waals surface area contributed by atoms with Crippen LogP contribution in [0, 0.1) is 0 Å². The molecule has 0 aromatic heterocycles. The van der Waals surface area contributed by atoms with Crippen LogP contribution in [0.1, 0.15) is 37.3 Å². The fraction of sp³-hybridized carbons (Fsp3) is 0.300. The average Bonchev–Trinajstić information content (AvgIpc) is 2.60. The summed E-state index contributed by atoms with van der Waals surface area (Å²) in [5.41, 5.74) is 3.30. The van der Waals surface area contributed by atoms with Crippen molar-refractivity contribution in [3.05, 3.63) is 65.7 Å². The predicted octanol–water partition coefficient (Wildman–Crippen LogP) is 4.97. The van der Waals surface area contributed by atoms with Gasteiger partial charge in [0.2, 0.25) is 0 Å². The summed E-state index contributed by atoms with van der Waals surface area (Å²) in [6, 6.07) is 18.1. The van der Waals surface area contributed by atoms with E-state index < -0.39 is 0 Å². The van der Waals surface area contributed by atoms with Gasteiger partial charge in [-0.15, -0.1) is 0 Å². The third kappa shape index (κ3) is 5.95. The number of amides is 1. The fourth-order valence-electron chi connectivity index (χ4n) is 2.35. The Morgan fingerprint density at radius 3 is 2.26 bits per heavy atom. The fourth-order valence-corrected chi connectivity index (χ4v) is 2.51. The highest BCUT2D eigenvalue weighted by Gasteiger charge is 2.09. The topological polar surface area (TPSA) is 29.1 Å². The van der Waals surface area contributed by atoms with Crippen LogP contribution in [-0.4, -0.2) is 10.8 Å². The Kier molecular flexibility index (Phi) is 6.95. The van der Waals surface area contributed by atoms with E-state index in [-0.39, 0.29) is 5.91 Å². The van der Waals surface area contributed by atoms with E-state index in [4.69, 9.17) is 12.2 Å². The molecule has 0 atom stereocenters. The standard InChI is InChI=1S/C20H23NOS/c1-2-3-7-17-10-13-18(14-11-17)21-20(22)19(23)15-12-16-8-5-4-6-9-16/h4-6,8-11,13-14H,2-3,7,12,15H2,1H3,(H,21,22). The molecule has 0 fully saturated rings. The smallest absolute Gasteiger partial charge is 0.262 e. The molecule has 0 radical (unpaired) electrons. The molecule has 120 valence electrons. The zero-order valence-electron chi connectivity index (χ0n) is 13.5. The van der Waals surface area contributed by atoms with E-state index in [9.17, 15) is 4.79 Å². The molecule has 1 N–H and O–H groups in total. The van der Waals surface area contributed by atoms with Crippen LogP contribution in [0.3, 0.4) is 0 Å². The Labute approximate surface area is 143 Å². The Morgan fingerprint density at radius 1 is 0.957 bits per heavy atom. The van der Waals surface area contributed by atoms with Crippen molar-refractivity contribution in [2.45, 2.75) is 39.0 Å². The zero-order chi connectivity index (χ0) is 16.5. The summed E-state index contributed by atoms with van der Waals surface area (Å²) >= 11 is 5.25. The summed E-state index contributed by atoms with van der Waals surface area (Å²) in [7, 11) is 0. The number of carbonyl (C=O) groups excluding carboxylic acids is 1. The van der Waals surface area contributed by atoms with Crippen molar-refractivity contribution in [1.29, 1.82) is 0 Å². The van der Waals surface area contributed by atoms with Gasteiger partial charge in [-0.25, -0.2) is 0 Å². The zero-order valence-corrected chi connectivity index (χ0v) is 14.4. The van der Waals surface area contributed by atoms with Crippen molar-refractivity contribution < 1.29 is 4.79 Å². The molecule has 2 aromatic rings. The van der Waals surface area contributed by atoms with Gasteiger partial charge in [-0.3, -0.25) is 4.79 Å². The minimum Gasteiger partial charge on any atom is -0.322 e. The lowest BCUT2D eigenvalue weighted by atomic mass is 10.1. The molecule has 0 heterocycles. The normalized spacial score (nSPS) is 10.3. The molecule has 2 aromatic carbocycles. The maximum absolute atomic E-state index is 12.1. The molecule has 23 heavy (non-hydrogen) atoms. The lowest BCUT2D eigenvalue weighted by Gasteiger charge is -2.08. The highest BCUT2D eigenvalue weighted by Crippen LogP contribution is 2.12. The summed E-state index contributed by atoms with van der Waals surface area (Å²) in [6.07, 6.45) is 4.85. The number of unbranched alkanes of at least 4 members (excludes halogenated alkanes) is 1. The van der Waals surface area contributed by atoms with Gasteiger partial charge < -0.3 is 5.32 Å². The second kappa shape index (κ2) is 9.21. The van der Waals surface area contributed by atoms with Gasteiger partial charge in [0.1, 0.15) is 0 Å². The molecule has 0 saturated carbocycles. The molecule has 0 aliphatic heterocycles. The molecular formula is C20H23NOS. The maximum atomic E-state index is 12.1. The quantitative estimate of drug-likeness (QED) is 0.694. The molecule has 0 saturated heterocycles. The molecule has 2 rings (SSSR count). The first-order valence-corrected chi connectivity index (χ1v) is 8.57. The highest BCUT2D eigenvalue weighted by atomic mass is 32.1. The van der Waals surface area contributed by atoms with Gasteiger partial charge in [0.15, 0.2) is 0 Å². The van der Waals surface area contributed by atoms with E-state index in [0.29, 0.717) is 11.3 Å². The van der Waals surface area contributed by atoms with Crippen molar-refractivity contribution in [1.82, 2.24) is 0 Å². The number of aryl methyl sites for hydroxylation is 2. The number of thiocarbonyl (C=S) groups is 1. The molecule has 2 nitrogen and oxygen atoms in total. The minimum absolute atomic E-state index is 0.169. The third-order valence-corrected chi connectivity index (χ3v) is 4.16. The van der Waals surface area contributed by atoms with E-state index in [1.165, 1.54) is 24.0 Å². The van der Waals surface area contributed by atoms with Crippen molar-refractivity contribution in [3.63, 3.8) is 0 Å². The second-order valence-corrected chi connectivity index (χ2v) is 6.16. The molecule has 0 bridgehead atoms. The van der Waals surface area contributed by atoms with Gasteiger partial charge in [-0.05, 0) is 48.9 Å². The first-order valence-electron chi connectivity index (χ1n) is 8.16. The highest BCUT2D eigenvalue weighted by molar-refractivity contribution is 7.82. The third-order valence-electron chi connectivity index (χ3n) is 3.77. The molecule has 3 heteroatoms. The Bertz CT molecular complexity index is 634. The van der Waals surface area contributed by atoms with Crippen LogP contribution in [0.2, 0.25) is 0 Å². The largest absolute Gasteiger partial charge is 0.322 e. The van der Waals surface area contributed by atoms with Crippen LogP contribution in [0.25, 0.3) is 0 Å². The summed E-state index contributed by atoms with van der Waals surface area (Å²) in [4.78, 5) is 12.6. The first kappa shape index (κ1) is 17.4. The van der Waals surface area contributed by atoms with Crippen LogP contribution in [0.4, 0.5) is 5.69 Å². The SMILES string of the molecule is CCCCc1ccc(NC(=O)C(=S)CCc2ccccc2)cc1. The summed E-state index contributed by atoms with van der Waals surface area (Å²) in [6.45, 7) is 2.19. The molecule has 0 spiro atoms. The maximum Gasteiger partial charge on any atom is 0.262 e. The second-order valence-electron chi connectivity index (χ2n) is 5.66. The number of carbonyl (C=O) groups is 1. The number of rotatable bonds is 8. The van der Waals surface area contributed by atoms with Crippen LogP contribution in [0.5, 0.6) is 0 Å². The lowest BCUT2D eigenvalue weighted by Crippen LogP contribution is -2.21. The van der Waals surface area contributed by atoms with Crippen molar-refractivity contribution in [2.75, 3.05) is 5.32 Å². The molecule has 0 aliphatic rings. The van der Waals surface area contributed by atoms with E-state index in [1.54, 1.807) is 0 Å². The van der Waals surface area contributed by atoms with Crippen LogP contribution in [-0.2, 0) is 17.6 Å². The Morgan fingerprint density at radius 2 is 1.61 bits per heavy atom. The van der Waals surface area contributed by atoms with Crippen LogP contribution in [0.15, 0.2) is 54.6 Å². The summed E-state index contributed by atoms with van der Waals surface area (Å²) < 4.78 is 0.